The van der Waals surface area contributed by atoms with E-state index in [0.717, 1.165) is 21.4 Å². The predicted octanol–water partition coefficient (Wildman–Crippen LogP) is 5.09. The Hall–Kier alpha value is -2.97. The summed E-state index contributed by atoms with van der Waals surface area (Å²) in [5.41, 5.74) is 3.07. The number of aromatic nitrogens is 1. The van der Waals surface area contributed by atoms with Crippen LogP contribution in [0, 0.1) is 6.92 Å². The molecule has 1 amide bonds. The lowest BCUT2D eigenvalue weighted by molar-refractivity contribution is -0.113. The Kier molecular flexibility index (Phi) is 5.69. The quantitative estimate of drug-likeness (QED) is 0.504. The molecule has 152 valence electrons. The number of hydrogen-bond donors (Lipinski definition) is 2. The fraction of sp³-hybridized carbons (Fsp3) is 0.136. The van der Waals surface area contributed by atoms with E-state index in [1.807, 2.05) is 66.4 Å². The van der Waals surface area contributed by atoms with Gasteiger partial charge in [-0.05, 0) is 49.8 Å². The second-order valence-corrected chi connectivity index (χ2v) is 8.09. The van der Waals surface area contributed by atoms with Crippen LogP contribution in [0.1, 0.15) is 24.3 Å². The summed E-state index contributed by atoms with van der Waals surface area (Å²) in [5.74, 6) is 0.702. The Morgan fingerprint density at radius 3 is 2.53 bits per heavy atom. The van der Waals surface area contributed by atoms with Gasteiger partial charge in [0.05, 0.1) is 11.6 Å². The number of halogens is 1. The average Bonchev–Trinajstić information content (AvgIpc) is 3.13. The Labute approximate surface area is 188 Å². The van der Waals surface area contributed by atoms with Gasteiger partial charge in [0.2, 0.25) is 0 Å². The van der Waals surface area contributed by atoms with Crippen LogP contribution in [0.2, 0.25) is 0 Å². The minimum Gasteiger partial charge on any atom is -0.360 e. The Morgan fingerprint density at radius 1 is 1.17 bits per heavy atom. The molecule has 1 aromatic heterocycles. The van der Waals surface area contributed by atoms with Gasteiger partial charge in [0, 0.05) is 21.9 Å². The Morgan fingerprint density at radius 2 is 1.87 bits per heavy atom. The largest absolute Gasteiger partial charge is 0.360 e. The van der Waals surface area contributed by atoms with Crippen LogP contribution in [-0.4, -0.2) is 16.2 Å². The van der Waals surface area contributed by atoms with Crippen molar-refractivity contribution < 1.29 is 9.32 Å². The standard InChI is InChI=1S/C22H19BrN4O2S/c1-13-12-18(26-29-13)24-21(28)19-14(2)27(15-8-4-3-5-9-15)22(30)25-20(19)16-10-6-7-11-17(16)23/h3-12,20H,1-2H3,(H,25,30)(H,24,26,28). The van der Waals surface area contributed by atoms with Crippen LogP contribution in [0.15, 0.2) is 80.9 Å². The summed E-state index contributed by atoms with van der Waals surface area (Å²) in [7, 11) is 0. The third-order valence-electron chi connectivity index (χ3n) is 4.83. The van der Waals surface area contributed by atoms with Gasteiger partial charge in [-0.2, -0.15) is 0 Å². The molecule has 2 heterocycles. The minimum absolute atomic E-state index is 0.280. The third-order valence-corrected chi connectivity index (χ3v) is 5.85. The number of allylic oxidation sites excluding steroid dienone is 1. The van der Waals surface area contributed by atoms with E-state index in [9.17, 15) is 4.79 Å². The number of nitrogens with one attached hydrogen (secondary N) is 2. The molecule has 0 radical (unpaired) electrons. The molecule has 1 aliphatic heterocycles. The second-order valence-electron chi connectivity index (χ2n) is 6.85. The number of amides is 1. The average molecular weight is 483 g/mol. The van der Waals surface area contributed by atoms with Gasteiger partial charge in [0.15, 0.2) is 10.9 Å². The van der Waals surface area contributed by atoms with Crippen molar-refractivity contribution in [3.63, 3.8) is 0 Å². The fourth-order valence-electron chi connectivity index (χ4n) is 3.48. The zero-order chi connectivity index (χ0) is 21.3. The summed E-state index contributed by atoms with van der Waals surface area (Å²) in [6, 6.07) is 18.7. The van der Waals surface area contributed by atoms with Crippen LogP contribution in [0.4, 0.5) is 11.5 Å². The zero-order valence-electron chi connectivity index (χ0n) is 16.3. The molecular formula is C22H19BrN4O2S. The highest BCUT2D eigenvalue weighted by molar-refractivity contribution is 9.10. The van der Waals surface area contributed by atoms with Crippen molar-refractivity contribution >= 4 is 50.7 Å². The molecule has 0 saturated carbocycles. The smallest absolute Gasteiger partial charge is 0.257 e. The molecule has 30 heavy (non-hydrogen) atoms. The minimum atomic E-state index is -0.430. The lowest BCUT2D eigenvalue weighted by Gasteiger charge is -2.38. The summed E-state index contributed by atoms with van der Waals surface area (Å²) >= 11 is 9.29. The summed E-state index contributed by atoms with van der Waals surface area (Å²) < 4.78 is 5.97. The highest BCUT2D eigenvalue weighted by atomic mass is 79.9. The number of para-hydroxylation sites is 1. The number of rotatable bonds is 4. The molecule has 3 aromatic rings. The normalized spacial score (nSPS) is 16.4. The molecule has 2 N–H and O–H groups in total. The van der Waals surface area contributed by atoms with Crippen molar-refractivity contribution in [2.24, 2.45) is 0 Å². The maximum absolute atomic E-state index is 13.4. The SMILES string of the molecule is CC1=C(C(=O)Nc2cc(C)on2)C(c2ccccc2Br)NC(=S)N1c1ccccc1. The monoisotopic (exact) mass is 482 g/mol. The first-order valence-corrected chi connectivity index (χ1v) is 10.5. The van der Waals surface area contributed by atoms with Crippen LogP contribution in [0.3, 0.4) is 0 Å². The number of carbonyl (C=O) groups excluding carboxylic acids is 1. The van der Waals surface area contributed by atoms with Crippen molar-refractivity contribution in [2.45, 2.75) is 19.9 Å². The maximum Gasteiger partial charge on any atom is 0.257 e. The number of carbonyl (C=O) groups is 1. The molecule has 0 fully saturated rings. The number of thiocarbonyl (C=S) groups is 1. The molecule has 1 aliphatic rings. The predicted molar refractivity (Wildman–Crippen MR) is 124 cm³/mol. The number of aryl methyl sites for hydroxylation is 1. The molecule has 0 bridgehead atoms. The molecule has 0 saturated heterocycles. The molecule has 1 unspecified atom stereocenters. The molecule has 2 aromatic carbocycles. The van der Waals surface area contributed by atoms with E-state index in [4.69, 9.17) is 16.7 Å². The third kappa shape index (κ3) is 3.88. The number of nitrogens with zero attached hydrogens (tertiary/aromatic N) is 2. The molecule has 1 atom stereocenters. The van der Waals surface area contributed by atoms with Gasteiger partial charge in [-0.25, -0.2) is 0 Å². The maximum atomic E-state index is 13.4. The Bertz CT molecular complexity index is 1140. The van der Waals surface area contributed by atoms with Crippen LogP contribution in [-0.2, 0) is 4.79 Å². The lowest BCUT2D eigenvalue weighted by atomic mass is 9.94. The summed E-state index contributed by atoms with van der Waals surface area (Å²) in [4.78, 5) is 15.3. The van der Waals surface area contributed by atoms with Crippen molar-refractivity contribution in [3.8, 4) is 0 Å². The van der Waals surface area contributed by atoms with Gasteiger partial charge >= 0.3 is 0 Å². The number of anilines is 2. The number of hydrogen-bond acceptors (Lipinski definition) is 4. The topological polar surface area (TPSA) is 70.4 Å². The van der Waals surface area contributed by atoms with Crippen molar-refractivity contribution in [3.05, 3.63) is 87.7 Å². The molecule has 6 nitrogen and oxygen atoms in total. The molecule has 4 rings (SSSR count). The van der Waals surface area contributed by atoms with Crippen LogP contribution in [0.5, 0.6) is 0 Å². The fourth-order valence-corrected chi connectivity index (χ4v) is 4.35. The van der Waals surface area contributed by atoms with E-state index in [1.54, 1.807) is 13.0 Å². The van der Waals surface area contributed by atoms with Crippen LogP contribution < -0.4 is 15.5 Å². The highest BCUT2D eigenvalue weighted by Crippen LogP contribution is 2.36. The summed E-state index contributed by atoms with van der Waals surface area (Å²) in [5, 5.41) is 10.6. The van der Waals surface area contributed by atoms with Gasteiger partial charge in [-0.15, -0.1) is 0 Å². The molecule has 0 spiro atoms. The van der Waals surface area contributed by atoms with E-state index in [-0.39, 0.29) is 5.91 Å². The van der Waals surface area contributed by atoms with Gasteiger partial charge < -0.3 is 15.2 Å². The van der Waals surface area contributed by atoms with Crippen LogP contribution >= 0.6 is 28.1 Å². The van der Waals surface area contributed by atoms with Gasteiger partial charge in [-0.3, -0.25) is 9.69 Å². The van der Waals surface area contributed by atoms with E-state index in [2.05, 4.69) is 31.7 Å². The molecule has 0 aliphatic carbocycles. The summed E-state index contributed by atoms with van der Waals surface area (Å²) in [6.45, 7) is 3.67. The van der Waals surface area contributed by atoms with E-state index in [1.165, 1.54) is 0 Å². The highest BCUT2D eigenvalue weighted by Gasteiger charge is 2.35. The first kappa shape index (κ1) is 20.3. The van der Waals surface area contributed by atoms with Crippen molar-refractivity contribution in [2.75, 3.05) is 10.2 Å². The van der Waals surface area contributed by atoms with E-state index >= 15 is 0 Å². The molecular weight excluding hydrogens is 464 g/mol. The molecule has 8 heteroatoms. The lowest BCUT2D eigenvalue weighted by Crippen LogP contribution is -2.48. The first-order chi connectivity index (χ1) is 14.5. The first-order valence-electron chi connectivity index (χ1n) is 9.31. The number of benzene rings is 2. The van der Waals surface area contributed by atoms with Crippen LogP contribution in [0.25, 0.3) is 0 Å². The summed E-state index contributed by atoms with van der Waals surface area (Å²) in [6.07, 6.45) is 0. The van der Waals surface area contributed by atoms with Crippen molar-refractivity contribution in [1.82, 2.24) is 10.5 Å². The Balaban J connectivity index is 1.82. The van der Waals surface area contributed by atoms with Gasteiger partial charge in [0.1, 0.15) is 5.76 Å². The van der Waals surface area contributed by atoms with E-state index < -0.39 is 6.04 Å². The zero-order valence-corrected chi connectivity index (χ0v) is 18.8. The van der Waals surface area contributed by atoms with Gasteiger partial charge in [0.25, 0.3) is 5.91 Å². The second kappa shape index (κ2) is 8.41. The van der Waals surface area contributed by atoms with E-state index in [0.29, 0.717) is 22.3 Å². The van der Waals surface area contributed by atoms with Gasteiger partial charge in [-0.1, -0.05) is 57.5 Å². The van der Waals surface area contributed by atoms with Crippen molar-refractivity contribution in [1.29, 1.82) is 0 Å².